The van der Waals surface area contributed by atoms with E-state index < -0.39 is 56.0 Å². The standard InChI is InChI=1S/C10H11F9O3/c1-20-8-21-2-3(22-8)5(12)9(16,17)10(18,19)6(13)4(11)7(14)15/h3-8H,2H2,1H3. The number of halogens is 9. The summed E-state index contributed by atoms with van der Waals surface area (Å²) in [6, 6.07) is 0. The highest BCUT2D eigenvalue weighted by atomic mass is 19.3. The quantitative estimate of drug-likeness (QED) is 0.661. The first-order valence-electron chi connectivity index (χ1n) is 5.72. The summed E-state index contributed by atoms with van der Waals surface area (Å²) in [6.45, 7) is -2.54. The number of hydrogen-bond acceptors (Lipinski definition) is 3. The molecular weight excluding hydrogens is 339 g/mol. The highest BCUT2D eigenvalue weighted by molar-refractivity contribution is 5.01. The largest absolute Gasteiger partial charge is 0.346 e. The van der Waals surface area contributed by atoms with Crippen LogP contribution in [0.25, 0.3) is 0 Å². The minimum atomic E-state index is -6.03. The van der Waals surface area contributed by atoms with Gasteiger partial charge in [-0.3, -0.25) is 0 Å². The molecule has 12 heteroatoms. The number of methoxy groups -OCH3 is 1. The van der Waals surface area contributed by atoms with Gasteiger partial charge in [-0.05, 0) is 0 Å². The van der Waals surface area contributed by atoms with Crippen LogP contribution in [0.3, 0.4) is 0 Å². The fourth-order valence-electron chi connectivity index (χ4n) is 1.60. The molecule has 0 N–H and O–H groups in total. The molecule has 22 heavy (non-hydrogen) atoms. The van der Waals surface area contributed by atoms with Crippen molar-refractivity contribution in [3.63, 3.8) is 0 Å². The van der Waals surface area contributed by atoms with Gasteiger partial charge in [0, 0.05) is 7.11 Å². The smallest absolute Gasteiger partial charge is 0.333 e. The van der Waals surface area contributed by atoms with Crippen LogP contribution in [0.1, 0.15) is 0 Å². The molecule has 0 aliphatic carbocycles. The molecule has 0 bridgehead atoms. The molecule has 0 spiro atoms. The lowest BCUT2D eigenvalue weighted by atomic mass is 9.96. The lowest BCUT2D eigenvalue weighted by Gasteiger charge is -2.33. The van der Waals surface area contributed by atoms with E-state index in [1.807, 2.05) is 0 Å². The van der Waals surface area contributed by atoms with E-state index in [0.29, 0.717) is 0 Å². The highest BCUT2D eigenvalue weighted by Crippen LogP contribution is 2.46. The zero-order valence-corrected chi connectivity index (χ0v) is 10.8. The van der Waals surface area contributed by atoms with E-state index >= 15 is 0 Å². The van der Waals surface area contributed by atoms with E-state index in [9.17, 15) is 39.5 Å². The first kappa shape index (κ1) is 19.3. The Kier molecular flexibility index (Phi) is 5.95. The van der Waals surface area contributed by atoms with Crippen molar-refractivity contribution >= 4 is 0 Å². The maximum Gasteiger partial charge on any atom is 0.346 e. The molecule has 1 aliphatic heterocycles. The zero-order valence-electron chi connectivity index (χ0n) is 10.8. The number of rotatable bonds is 7. The van der Waals surface area contributed by atoms with E-state index in [1.54, 1.807) is 0 Å². The van der Waals surface area contributed by atoms with Crippen molar-refractivity contribution in [2.45, 2.75) is 49.4 Å². The maximum absolute atomic E-state index is 13.5. The van der Waals surface area contributed by atoms with Crippen LogP contribution in [-0.2, 0) is 14.2 Å². The zero-order chi connectivity index (χ0) is 17.3. The highest BCUT2D eigenvalue weighted by Gasteiger charge is 2.70. The molecule has 0 aromatic rings. The predicted octanol–water partition coefficient (Wildman–Crippen LogP) is 2.88. The summed E-state index contributed by atoms with van der Waals surface area (Å²) in [6.07, 6.45) is -19.2. The van der Waals surface area contributed by atoms with Crippen molar-refractivity contribution in [3.8, 4) is 0 Å². The molecule has 132 valence electrons. The van der Waals surface area contributed by atoms with Crippen molar-refractivity contribution in [2.75, 3.05) is 13.7 Å². The SMILES string of the molecule is COC1OCC(C(F)C(F)(F)C(F)(F)C(F)C(F)C(F)F)O1. The topological polar surface area (TPSA) is 27.7 Å². The Morgan fingerprint density at radius 1 is 1.00 bits per heavy atom. The predicted molar refractivity (Wildman–Crippen MR) is 52.2 cm³/mol. The Balaban J connectivity index is 2.90. The van der Waals surface area contributed by atoms with Gasteiger partial charge >= 0.3 is 11.8 Å². The number of ether oxygens (including phenoxy) is 3. The Bertz CT molecular complexity index is 368. The monoisotopic (exact) mass is 350 g/mol. The molecule has 0 amide bonds. The van der Waals surface area contributed by atoms with Crippen LogP contribution in [-0.4, -0.2) is 63.1 Å². The van der Waals surface area contributed by atoms with Crippen LogP contribution >= 0.6 is 0 Å². The fourth-order valence-corrected chi connectivity index (χ4v) is 1.60. The molecule has 3 nitrogen and oxygen atoms in total. The second-order valence-corrected chi connectivity index (χ2v) is 4.36. The van der Waals surface area contributed by atoms with Gasteiger partial charge in [0.2, 0.25) is 6.17 Å². The Morgan fingerprint density at radius 3 is 1.95 bits per heavy atom. The molecular formula is C10H11F9O3. The summed E-state index contributed by atoms with van der Waals surface area (Å²) in [5, 5.41) is 0. The average molecular weight is 350 g/mol. The average Bonchev–Trinajstić information content (AvgIpc) is 2.92. The van der Waals surface area contributed by atoms with Gasteiger partial charge in [0.25, 0.3) is 12.9 Å². The minimum absolute atomic E-state index is 0.934. The molecule has 1 rings (SSSR count). The van der Waals surface area contributed by atoms with Crippen LogP contribution in [0.15, 0.2) is 0 Å². The van der Waals surface area contributed by atoms with Gasteiger partial charge in [-0.1, -0.05) is 0 Å². The molecule has 0 aromatic heterocycles. The third kappa shape index (κ3) is 3.43. The van der Waals surface area contributed by atoms with E-state index in [-0.39, 0.29) is 0 Å². The van der Waals surface area contributed by atoms with Crippen molar-refractivity contribution in [1.82, 2.24) is 0 Å². The Morgan fingerprint density at radius 2 is 1.55 bits per heavy atom. The summed E-state index contributed by atoms with van der Waals surface area (Å²) in [7, 11) is 0.973. The van der Waals surface area contributed by atoms with Gasteiger partial charge in [0.1, 0.15) is 6.10 Å². The molecule has 1 fully saturated rings. The lowest BCUT2D eigenvalue weighted by Crippen LogP contribution is -2.59. The summed E-state index contributed by atoms with van der Waals surface area (Å²) >= 11 is 0. The molecule has 1 saturated heterocycles. The second-order valence-electron chi connectivity index (χ2n) is 4.36. The molecule has 0 saturated carbocycles. The molecule has 0 aromatic carbocycles. The van der Waals surface area contributed by atoms with E-state index in [2.05, 4.69) is 14.2 Å². The normalized spacial score (nSPS) is 28.0. The van der Waals surface area contributed by atoms with Gasteiger partial charge in [-0.15, -0.1) is 0 Å². The first-order chi connectivity index (χ1) is 9.96. The van der Waals surface area contributed by atoms with Crippen LogP contribution in [0.4, 0.5) is 39.5 Å². The third-order valence-corrected chi connectivity index (χ3v) is 2.86. The fraction of sp³-hybridized carbons (Fsp3) is 1.00. The molecule has 1 aliphatic rings. The minimum Gasteiger partial charge on any atom is -0.333 e. The van der Waals surface area contributed by atoms with E-state index in [0.717, 1.165) is 7.11 Å². The van der Waals surface area contributed by atoms with Crippen molar-refractivity contribution < 1.29 is 53.7 Å². The molecule has 1 heterocycles. The van der Waals surface area contributed by atoms with Gasteiger partial charge in [-0.2, -0.15) is 17.6 Å². The molecule has 0 radical (unpaired) electrons. The van der Waals surface area contributed by atoms with Crippen molar-refractivity contribution in [1.29, 1.82) is 0 Å². The Labute approximate surface area is 118 Å². The van der Waals surface area contributed by atoms with Crippen LogP contribution in [0.2, 0.25) is 0 Å². The maximum atomic E-state index is 13.5. The number of alkyl halides is 9. The van der Waals surface area contributed by atoms with E-state index in [1.165, 1.54) is 0 Å². The van der Waals surface area contributed by atoms with Gasteiger partial charge in [0.15, 0.2) is 12.3 Å². The van der Waals surface area contributed by atoms with Crippen molar-refractivity contribution in [2.24, 2.45) is 0 Å². The first-order valence-corrected chi connectivity index (χ1v) is 5.72. The van der Waals surface area contributed by atoms with Crippen LogP contribution < -0.4 is 0 Å². The molecule has 5 unspecified atom stereocenters. The van der Waals surface area contributed by atoms with Crippen molar-refractivity contribution in [3.05, 3.63) is 0 Å². The van der Waals surface area contributed by atoms with Crippen LogP contribution in [0, 0.1) is 0 Å². The summed E-state index contributed by atoms with van der Waals surface area (Å²) < 4.78 is 129. The lowest BCUT2D eigenvalue weighted by molar-refractivity contribution is -0.293. The second kappa shape index (κ2) is 6.79. The van der Waals surface area contributed by atoms with Gasteiger partial charge in [-0.25, -0.2) is 22.0 Å². The van der Waals surface area contributed by atoms with E-state index in [4.69, 9.17) is 0 Å². The number of hydrogen-bond donors (Lipinski definition) is 0. The van der Waals surface area contributed by atoms with Crippen LogP contribution in [0.5, 0.6) is 0 Å². The van der Waals surface area contributed by atoms with Gasteiger partial charge in [0.05, 0.1) is 6.61 Å². The Hall–Kier alpha value is -0.750. The molecule has 5 atom stereocenters. The summed E-state index contributed by atoms with van der Waals surface area (Å²) in [4.78, 5) is 0. The van der Waals surface area contributed by atoms with Gasteiger partial charge < -0.3 is 14.2 Å². The summed E-state index contributed by atoms with van der Waals surface area (Å²) in [5.41, 5.74) is 0. The third-order valence-electron chi connectivity index (χ3n) is 2.86. The summed E-state index contributed by atoms with van der Waals surface area (Å²) in [5.74, 6) is -11.8.